The van der Waals surface area contributed by atoms with E-state index in [1.165, 1.54) is 27.3 Å². The first-order valence-corrected chi connectivity index (χ1v) is 15.6. The molecular weight excluding hydrogens is 455 g/mol. The molecule has 0 spiro atoms. The summed E-state index contributed by atoms with van der Waals surface area (Å²) in [6.45, 7) is 4.01. The molecule has 5 heteroatoms. The van der Waals surface area contributed by atoms with E-state index in [0.717, 1.165) is 19.4 Å². The van der Waals surface area contributed by atoms with Crippen molar-refractivity contribution in [2.75, 3.05) is 0 Å². The Balaban J connectivity index is 0.000000176. The van der Waals surface area contributed by atoms with Crippen molar-refractivity contribution in [3.63, 3.8) is 0 Å². The van der Waals surface area contributed by atoms with E-state index < -0.39 is 0 Å². The number of halogens is 1. The van der Waals surface area contributed by atoms with Crippen molar-refractivity contribution in [2.45, 2.75) is 13.8 Å². The maximum Gasteiger partial charge on any atom is 0.131 e. The van der Waals surface area contributed by atoms with Crippen LogP contribution < -0.4 is 10.6 Å². The lowest BCUT2D eigenvalue weighted by Crippen LogP contribution is -1.91. The van der Waals surface area contributed by atoms with Gasteiger partial charge in [0, 0.05) is 5.56 Å². The van der Waals surface area contributed by atoms with Crippen molar-refractivity contribution in [1.29, 1.82) is 0 Å². The minimum absolute atomic E-state index is 0.152. The molecule has 0 saturated heterocycles. The molecule has 158 valence electrons. The van der Waals surface area contributed by atoms with E-state index in [2.05, 4.69) is 73.3 Å². The van der Waals surface area contributed by atoms with E-state index in [1.807, 2.05) is 43.3 Å². The van der Waals surface area contributed by atoms with E-state index in [0.29, 0.717) is 13.8 Å². The van der Waals surface area contributed by atoms with Crippen molar-refractivity contribution in [3.05, 3.63) is 108 Å². The minimum Gasteiger partial charge on any atom is -0.206 e. The quantitative estimate of drug-likeness (QED) is 0.262. The average molecular weight is 482 g/mol. The molecule has 0 saturated carbocycles. The lowest BCUT2D eigenvalue weighted by Gasteiger charge is -2.05. The predicted molar refractivity (Wildman–Crippen MR) is 149 cm³/mol. The molecule has 0 bridgehead atoms. The number of hydrogen-bond donors (Lipinski definition) is 0. The normalized spacial score (nSPS) is 11.1. The van der Waals surface area contributed by atoms with Gasteiger partial charge in [-0.3, -0.25) is 0 Å². The van der Waals surface area contributed by atoms with Gasteiger partial charge in [0.05, 0.1) is 0 Å². The van der Waals surface area contributed by atoms with E-state index in [-0.39, 0.29) is 5.82 Å². The molecule has 0 nitrogen and oxygen atoms in total. The van der Waals surface area contributed by atoms with Crippen LogP contribution in [0.2, 0.25) is 0 Å². The summed E-state index contributed by atoms with van der Waals surface area (Å²) in [7, 11) is 6.98. The Morgan fingerprint density at radius 1 is 0.548 bits per heavy atom. The molecule has 4 aromatic rings. The van der Waals surface area contributed by atoms with Gasteiger partial charge in [-0.15, -0.1) is 17.9 Å². The molecular formula is C26H27FP4. The zero-order valence-electron chi connectivity index (χ0n) is 17.7. The highest BCUT2D eigenvalue weighted by atomic mass is 32.0. The first-order valence-electron chi connectivity index (χ1n) is 9.97. The second-order valence-electron chi connectivity index (χ2n) is 7.29. The van der Waals surface area contributed by atoms with Crippen molar-refractivity contribution in [3.8, 4) is 22.3 Å². The summed E-state index contributed by atoms with van der Waals surface area (Å²) in [5.41, 5.74) is 6.45. The molecule has 4 atom stereocenters. The van der Waals surface area contributed by atoms with E-state index >= 15 is 0 Å². The fraction of sp³-hybridized carbons (Fsp3) is 0.0769. The molecule has 0 aliphatic carbocycles. The van der Waals surface area contributed by atoms with Crippen molar-refractivity contribution in [2.24, 2.45) is 0 Å². The van der Waals surface area contributed by atoms with Gasteiger partial charge < -0.3 is 0 Å². The molecule has 0 heterocycles. The number of rotatable bonds is 4. The summed E-state index contributed by atoms with van der Waals surface area (Å²) in [6.07, 6.45) is 0. The highest BCUT2D eigenvalue weighted by Gasteiger charge is 2.04. The smallest absolute Gasteiger partial charge is 0.131 e. The Bertz CT molecular complexity index is 1110. The first-order chi connectivity index (χ1) is 15.0. The Hall–Kier alpha value is -1.47. The van der Waals surface area contributed by atoms with Crippen LogP contribution in [-0.4, -0.2) is 0 Å². The number of hydrogen-bond acceptors (Lipinski definition) is 0. The third kappa shape index (κ3) is 7.01. The Labute approximate surface area is 193 Å². The van der Waals surface area contributed by atoms with Crippen molar-refractivity contribution >= 4 is 45.0 Å². The molecule has 0 aliphatic rings. The van der Waals surface area contributed by atoms with Gasteiger partial charge in [-0.2, -0.15) is 0 Å². The van der Waals surface area contributed by atoms with Crippen molar-refractivity contribution < 1.29 is 4.39 Å². The van der Waals surface area contributed by atoms with Crippen LogP contribution in [0.4, 0.5) is 4.39 Å². The lowest BCUT2D eigenvalue weighted by atomic mass is 10.0. The molecule has 0 aromatic heterocycles. The molecule has 4 unspecified atom stereocenters. The predicted octanol–water partition coefficient (Wildman–Crippen LogP) is 7.65. The molecule has 0 fully saturated rings. The van der Waals surface area contributed by atoms with Gasteiger partial charge in [-0.05, 0) is 52.8 Å². The minimum atomic E-state index is -0.152. The van der Waals surface area contributed by atoms with Gasteiger partial charge in [-0.1, -0.05) is 107 Å². The molecule has 0 aliphatic heterocycles. The maximum atomic E-state index is 13.7. The summed E-state index contributed by atoms with van der Waals surface area (Å²) in [6, 6.07) is 30.8. The van der Waals surface area contributed by atoms with Gasteiger partial charge in [-0.25, -0.2) is 4.39 Å². The maximum absolute atomic E-state index is 13.7. The van der Waals surface area contributed by atoms with Gasteiger partial charge >= 0.3 is 0 Å². The van der Waals surface area contributed by atoms with Gasteiger partial charge in [0.1, 0.15) is 5.82 Å². The third-order valence-electron chi connectivity index (χ3n) is 4.92. The SMILES string of the molecule is Cc1ccc(-c2ccc(PP)cc2)c(F)c1.Cc1ccc(-c2ccc(PP)cc2)cc1. The molecule has 0 radical (unpaired) electrons. The van der Waals surface area contributed by atoms with Crippen LogP contribution >= 0.6 is 34.4 Å². The number of benzene rings is 4. The number of aryl methyl sites for hydroxylation is 2. The average Bonchev–Trinajstić information content (AvgIpc) is 2.80. The van der Waals surface area contributed by atoms with E-state index in [4.69, 9.17) is 0 Å². The highest BCUT2D eigenvalue weighted by Crippen LogP contribution is 2.26. The van der Waals surface area contributed by atoms with Gasteiger partial charge in [0.25, 0.3) is 0 Å². The molecule has 0 N–H and O–H groups in total. The fourth-order valence-electron chi connectivity index (χ4n) is 3.11. The molecule has 0 amide bonds. The van der Waals surface area contributed by atoms with Crippen LogP contribution in [0, 0.1) is 19.7 Å². The van der Waals surface area contributed by atoms with Crippen LogP contribution in [0.1, 0.15) is 11.1 Å². The summed E-state index contributed by atoms with van der Waals surface area (Å²) in [5, 5.41) is 2.65. The fourth-order valence-corrected chi connectivity index (χ4v) is 4.98. The van der Waals surface area contributed by atoms with Crippen LogP contribution in [0.5, 0.6) is 0 Å². The zero-order valence-corrected chi connectivity index (χ0v) is 22.0. The van der Waals surface area contributed by atoms with Crippen molar-refractivity contribution in [1.82, 2.24) is 0 Å². The largest absolute Gasteiger partial charge is 0.206 e. The van der Waals surface area contributed by atoms with Crippen LogP contribution in [0.3, 0.4) is 0 Å². The monoisotopic (exact) mass is 482 g/mol. The standard InChI is InChI=1S/C13H13FP2.C13H14P2/c1-9-2-7-12(13(14)8-9)10-3-5-11(16-15)6-4-10;1-10-2-4-11(5-3-10)12-6-8-13(15-14)9-7-12/h2-8,16H,15H2,1H3;2-9,15H,14H2,1H3. The van der Waals surface area contributed by atoms with E-state index in [1.54, 1.807) is 6.07 Å². The first kappa shape index (κ1) is 24.2. The summed E-state index contributed by atoms with van der Waals surface area (Å²) < 4.78 is 13.7. The Morgan fingerprint density at radius 3 is 1.42 bits per heavy atom. The molecule has 4 rings (SSSR count). The van der Waals surface area contributed by atoms with Crippen LogP contribution in [0.25, 0.3) is 22.3 Å². The molecule has 4 aromatic carbocycles. The van der Waals surface area contributed by atoms with Crippen LogP contribution in [0.15, 0.2) is 91.0 Å². The van der Waals surface area contributed by atoms with Crippen LogP contribution in [-0.2, 0) is 0 Å². The van der Waals surface area contributed by atoms with Gasteiger partial charge in [0.2, 0.25) is 0 Å². The second kappa shape index (κ2) is 12.0. The van der Waals surface area contributed by atoms with E-state index in [9.17, 15) is 4.39 Å². The summed E-state index contributed by atoms with van der Waals surface area (Å²) >= 11 is 0. The Kier molecular flexibility index (Phi) is 9.32. The highest BCUT2D eigenvalue weighted by molar-refractivity contribution is 8.07. The topological polar surface area (TPSA) is 0 Å². The zero-order chi connectivity index (χ0) is 22.2. The Morgan fingerprint density at radius 2 is 0.968 bits per heavy atom. The summed E-state index contributed by atoms with van der Waals surface area (Å²) in [5.74, 6) is -0.152. The van der Waals surface area contributed by atoms with Gasteiger partial charge in [0.15, 0.2) is 0 Å². The molecule has 31 heavy (non-hydrogen) atoms. The third-order valence-corrected chi connectivity index (χ3v) is 8.26. The summed E-state index contributed by atoms with van der Waals surface area (Å²) in [4.78, 5) is 0. The lowest BCUT2D eigenvalue weighted by molar-refractivity contribution is 0.630. The second-order valence-corrected chi connectivity index (χ2v) is 10.8.